The molecule has 118 valence electrons. The van der Waals surface area contributed by atoms with E-state index in [2.05, 4.69) is 0 Å². The highest BCUT2D eigenvalue weighted by Crippen LogP contribution is 2.20. The van der Waals surface area contributed by atoms with Crippen molar-refractivity contribution < 1.29 is 23.1 Å². The first-order valence-electron chi connectivity index (χ1n) is 7.09. The second-order valence-electron chi connectivity index (χ2n) is 4.77. The topological polar surface area (TPSA) is 80.7 Å². The maximum absolute atomic E-state index is 12.3. The normalized spacial score (nSPS) is 11.5. The first-order chi connectivity index (χ1) is 9.92. The molecule has 0 radical (unpaired) electrons. The van der Waals surface area contributed by atoms with Crippen LogP contribution in [0.5, 0.6) is 0 Å². The number of hydrogen-bond donors (Lipinski definition) is 1. The van der Waals surface area contributed by atoms with Crippen LogP contribution in [0.15, 0.2) is 23.1 Å². The van der Waals surface area contributed by atoms with E-state index in [0.29, 0.717) is 18.6 Å². The minimum absolute atomic E-state index is 0.0160. The molecule has 0 saturated heterocycles. The van der Waals surface area contributed by atoms with Crippen LogP contribution in [0.4, 0.5) is 0 Å². The molecule has 0 aliphatic heterocycles. The molecule has 0 atom stereocenters. The summed E-state index contributed by atoms with van der Waals surface area (Å²) in [5.41, 5.74) is 0.617. The number of carbonyl (C=O) groups is 1. The van der Waals surface area contributed by atoms with Gasteiger partial charge in [0.1, 0.15) is 0 Å². The second kappa shape index (κ2) is 8.14. The number of sulfone groups is 1. The number of aromatic carboxylic acids is 1. The van der Waals surface area contributed by atoms with E-state index < -0.39 is 15.8 Å². The lowest BCUT2D eigenvalue weighted by atomic mass is 10.1. The molecule has 0 unspecified atom stereocenters. The number of ether oxygens (including phenoxy) is 1. The predicted molar refractivity (Wildman–Crippen MR) is 80.6 cm³/mol. The smallest absolute Gasteiger partial charge is 0.335 e. The van der Waals surface area contributed by atoms with Gasteiger partial charge in [0, 0.05) is 6.61 Å². The molecule has 0 aliphatic carbocycles. The van der Waals surface area contributed by atoms with E-state index >= 15 is 0 Å². The van der Waals surface area contributed by atoms with Crippen LogP contribution in [0, 0.1) is 0 Å². The standard InChI is InChI=1S/C15H22O5S/c1-3-5-8-20-9-10-21(18,19)14-11-13(15(16)17)7-6-12(14)4-2/h6-7,11H,3-5,8-10H2,1-2H3,(H,16,17). The average Bonchev–Trinajstić information content (AvgIpc) is 2.46. The zero-order valence-electron chi connectivity index (χ0n) is 12.5. The van der Waals surface area contributed by atoms with Gasteiger partial charge in [-0.15, -0.1) is 0 Å². The van der Waals surface area contributed by atoms with Gasteiger partial charge in [-0.2, -0.15) is 0 Å². The van der Waals surface area contributed by atoms with Crippen molar-refractivity contribution in [3.8, 4) is 0 Å². The Morgan fingerprint density at radius 2 is 1.95 bits per heavy atom. The molecule has 1 rings (SSSR count). The summed E-state index contributed by atoms with van der Waals surface area (Å²) in [6.45, 7) is 4.54. The van der Waals surface area contributed by atoms with Crippen LogP contribution in [0.25, 0.3) is 0 Å². The maximum Gasteiger partial charge on any atom is 0.335 e. The van der Waals surface area contributed by atoms with E-state index in [-0.39, 0.29) is 22.8 Å². The molecule has 21 heavy (non-hydrogen) atoms. The molecule has 0 heterocycles. The Morgan fingerprint density at radius 1 is 1.24 bits per heavy atom. The number of carboxylic acids is 1. The fourth-order valence-corrected chi connectivity index (χ4v) is 3.37. The summed E-state index contributed by atoms with van der Waals surface area (Å²) in [4.78, 5) is 11.1. The largest absolute Gasteiger partial charge is 0.478 e. The van der Waals surface area contributed by atoms with Crippen molar-refractivity contribution in [3.63, 3.8) is 0 Å². The molecule has 5 nitrogen and oxygen atoms in total. The number of benzene rings is 1. The van der Waals surface area contributed by atoms with Crippen molar-refractivity contribution in [1.29, 1.82) is 0 Å². The van der Waals surface area contributed by atoms with Gasteiger partial charge in [-0.05, 0) is 30.5 Å². The average molecular weight is 314 g/mol. The van der Waals surface area contributed by atoms with Gasteiger partial charge in [-0.1, -0.05) is 26.3 Å². The molecule has 0 fully saturated rings. The first kappa shape index (κ1) is 17.7. The highest BCUT2D eigenvalue weighted by Gasteiger charge is 2.20. The van der Waals surface area contributed by atoms with Crippen molar-refractivity contribution in [1.82, 2.24) is 0 Å². The van der Waals surface area contributed by atoms with Crippen molar-refractivity contribution in [2.45, 2.75) is 38.0 Å². The molecule has 0 amide bonds. The van der Waals surface area contributed by atoms with Crippen molar-refractivity contribution in [3.05, 3.63) is 29.3 Å². The van der Waals surface area contributed by atoms with Crippen LogP contribution in [0.1, 0.15) is 42.6 Å². The zero-order chi connectivity index (χ0) is 15.9. The number of unbranched alkanes of at least 4 members (excludes halogenated alkanes) is 1. The monoisotopic (exact) mass is 314 g/mol. The molecular formula is C15H22O5S. The summed E-state index contributed by atoms with van der Waals surface area (Å²) in [6.07, 6.45) is 2.42. The number of hydrogen-bond acceptors (Lipinski definition) is 4. The van der Waals surface area contributed by atoms with Crippen LogP contribution >= 0.6 is 0 Å². The van der Waals surface area contributed by atoms with Crippen LogP contribution < -0.4 is 0 Å². The molecule has 0 aliphatic rings. The summed E-state index contributed by atoms with van der Waals surface area (Å²) < 4.78 is 30.0. The Balaban J connectivity index is 2.90. The minimum Gasteiger partial charge on any atom is -0.478 e. The van der Waals surface area contributed by atoms with E-state index in [9.17, 15) is 13.2 Å². The summed E-state index contributed by atoms with van der Waals surface area (Å²) in [7, 11) is -3.53. The fourth-order valence-electron chi connectivity index (χ4n) is 1.90. The van der Waals surface area contributed by atoms with E-state index in [1.165, 1.54) is 12.1 Å². The van der Waals surface area contributed by atoms with Gasteiger partial charge in [0.15, 0.2) is 9.84 Å². The maximum atomic E-state index is 12.3. The van der Waals surface area contributed by atoms with E-state index in [1.807, 2.05) is 13.8 Å². The van der Waals surface area contributed by atoms with Gasteiger partial charge < -0.3 is 9.84 Å². The van der Waals surface area contributed by atoms with Gasteiger partial charge in [0.2, 0.25) is 0 Å². The summed E-state index contributed by atoms with van der Waals surface area (Å²) in [5.74, 6) is -1.26. The molecular weight excluding hydrogens is 292 g/mol. The van der Waals surface area contributed by atoms with E-state index in [4.69, 9.17) is 9.84 Å². The lowest BCUT2D eigenvalue weighted by molar-refractivity contribution is 0.0696. The highest BCUT2D eigenvalue weighted by atomic mass is 32.2. The first-order valence-corrected chi connectivity index (χ1v) is 8.74. The van der Waals surface area contributed by atoms with E-state index in [0.717, 1.165) is 12.8 Å². The Morgan fingerprint density at radius 3 is 2.52 bits per heavy atom. The number of aryl methyl sites for hydroxylation is 1. The van der Waals surface area contributed by atoms with Gasteiger partial charge in [-0.25, -0.2) is 13.2 Å². The Labute approximate surface area is 125 Å². The van der Waals surface area contributed by atoms with Crippen LogP contribution in [-0.4, -0.2) is 38.5 Å². The van der Waals surface area contributed by atoms with Gasteiger partial charge in [-0.3, -0.25) is 0 Å². The van der Waals surface area contributed by atoms with Crippen molar-refractivity contribution >= 4 is 15.8 Å². The Hall–Kier alpha value is -1.40. The predicted octanol–water partition coefficient (Wildman–Crippen LogP) is 2.54. The van der Waals surface area contributed by atoms with Gasteiger partial charge in [0.05, 0.1) is 22.8 Å². The second-order valence-corrected chi connectivity index (χ2v) is 6.84. The molecule has 1 aromatic carbocycles. The third kappa shape index (κ3) is 5.13. The lowest BCUT2D eigenvalue weighted by Crippen LogP contribution is -2.15. The molecule has 0 aromatic heterocycles. The quantitative estimate of drug-likeness (QED) is 0.708. The Bertz CT molecular complexity index is 578. The summed E-state index contributed by atoms with van der Waals surface area (Å²) in [5, 5.41) is 8.99. The number of rotatable bonds is 9. The molecule has 6 heteroatoms. The van der Waals surface area contributed by atoms with Crippen LogP contribution in [0.2, 0.25) is 0 Å². The minimum atomic E-state index is -3.53. The fraction of sp³-hybridized carbons (Fsp3) is 0.533. The SMILES string of the molecule is CCCCOCCS(=O)(=O)c1cc(C(=O)O)ccc1CC. The third-order valence-electron chi connectivity index (χ3n) is 3.17. The van der Waals surface area contributed by atoms with Crippen LogP contribution in [0.3, 0.4) is 0 Å². The van der Waals surface area contributed by atoms with Crippen molar-refractivity contribution in [2.75, 3.05) is 19.0 Å². The van der Waals surface area contributed by atoms with Crippen LogP contribution in [-0.2, 0) is 21.0 Å². The molecule has 1 aromatic rings. The Kier molecular flexibility index (Phi) is 6.84. The zero-order valence-corrected chi connectivity index (χ0v) is 13.3. The van der Waals surface area contributed by atoms with E-state index in [1.54, 1.807) is 6.07 Å². The third-order valence-corrected chi connectivity index (χ3v) is 4.92. The molecule has 0 spiro atoms. The summed E-state index contributed by atoms with van der Waals surface area (Å²) >= 11 is 0. The molecule has 0 saturated carbocycles. The van der Waals surface area contributed by atoms with Crippen molar-refractivity contribution in [2.24, 2.45) is 0 Å². The van der Waals surface area contributed by atoms with Gasteiger partial charge >= 0.3 is 5.97 Å². The highest BCUT2D eigenvalue weighted by molar-refractivity contribution is 7.91. The molecule has 1 N–H and O–H groups in total. The van der Waals surface area contributed by atoms with Gasteiger partial charge in [0.25, 0.3) is 0 Å². The number of carboxylic acid groups (broad SMARTS) is 1. The lowest BCUT2D eigenvalue weighted by Gasteiger charge is -2.10. The molecule has 0 bridgehead atoms. The summed E-state index contributed by atoms with van der Waals surface area (Å²) in [6, 6.07) is 4.23.